The van der Waals surface area contributed by atoms with Crippen molar-refractivity contribution in [1.82, 2.24) is 25.6 Å². The molecule has 9 heteroatoms. The largest absolute Gasteiger partial charge is 0.481 e. The summed E-state index contributed by atoms with van der Waals surface area (Å²) in [7, 11) is 1.53. The van der Waals surface area contributed by atoms with Crippen LogP contribution in [0.4, 0.5) is 4.79 Å². The summed E-state index contributed by atoms with van der Waals surface area (Å²) < 4.78 is 10.6. The third-order valence-electron chi connectivity index (χ3n) is 6.94. The molecule has 0 saturated heterocycles. The average molecular weight is 438 g/mol. The maximum atomic E-state index is 13.1. The number of aromatic nitrogens is 3. The van der Waals surface area contributed by atoms with Gasteiger partial charge in [0.05, 0.1) is 19.0 Å². The van der Waals surface area contributed by atoms with E-state index in [9.17, 15) is 9.59 Å². The van der Waals surface area contributed by atoms with Crippen LogP contribution in [0.1, 0.15) is 54.6 Å². The molecular formula is C23H27N5O4. The highest BCUT2D eigenvalue weighted by Crippen LogP contribution is 2.57. The van der Waals surface area contributed by atoms with E-state index in [4.69, 9.17) is 9.47 Å². The van der Waals surface area contributed by atoms with Crippen LogP contribution in [-0.4, -0.2) is 45.1 Å². The number of hydrogen-bond acceptors (Lipinski definition) is 7. The first-order valence-corrected chi connectivity index (χ1v) is 11.0. The topological polar surface area (TPSA) is 115 Å². The highest BCUT2D eigenvalue weighted by atomic mass is 16.6. The Balaban J connectivity index is 1.32. The first kappa shape index (κ1) is 20.7. The van der Waals surface area contributed by atoms with Crippen LogP contribution >= 0.6 is 0 Å². The molecule has 2 atom stereocenters. The lowest BCUT2D eigenvalue weighted by Gasteiger charge is -2.62. The first-order valence-electron chi connectivity index (χ1n) is 11.0. The number of amides is 2. The number of aryl methyl sites for hydroxylation is 1. The predicted octanol–water partition coefficient (Wildman–Crippen LogP) is 2.80. The Morgan fingerprint density at radius 3 is 2.47 bits per heavy atom. The maximum absolute atomic E-state index is 13.1. The van der Waals surface area contributed by atoms with Gasteiger partial charge in [-0.15, -0.1) is 0 Å². The van der Waals surface area contributed by atoms with Crippen LogP contribution in [0.5, 0.6) is 11.8 Å². The summed E-state index contributed by atoms with van der Waals surface area (Å²) in [5.74, 6) is 1.37. The van der Waals surface area contributed by atoms with E-state index in [0.717, 1.165) is 32.1 Å². The van der Waals surface area contributed by atoms with Gasteiger partial charge in [0.25, 0.3) is 5.91 Å². The minimum Gasteiger partial charge on any atom is -0.481 e. The molecule has 4 bridgehead atoms. The molecule has 0 radical (unpaired) electrons. The Morgan fingerprint density at radius 2 is 1.78 bits per heavy atom. The number of rotatable bonds is 5. The van der Waals surface area contributed by atoms with Gasteiger partial charge < -0.3 is 20.1 Å². The number of nitrogens with zero attached hydrogens (tertiary/aromatic N) is 3. The number of carbonyl (C=O) groups is 2. The van der Waals surface area contributed by atoms with E-state index in [1.165, 1.54) is 13.3 Å². The molecule has 4 aliphatic carbocycles. The monoisotopic (exact) mass is 437 g/mol. The smallest absolute Gasteiger partial charge is 0.414 e. The number of methoxy groups -OCH3 is 1. The normalized spacial score (nSPS) is 29.9. The van der Waals surface area contributed by atoms with E-state index in [-0.39, 0.29) is 22.9 Å². The number of carbonyl (C=O) groups excluding carboxylic acids is 2. The number of pyridine rings is 1. The van der Waals surface area contributed by atoms with E-state index in [1.54, 1.807) is 31.5 Å². The molecule has 2 amide bonds. The maximum Gasteiger partial charge on any atom is 0.414 e. The lowest BCUT2D eigenvalue weighted by molar-refractivity contribution is -0.0449. The van der Waals surface area contributed by atoms with Gasteiger partial charge >= 0.3 is 6.09 Å². The van der Waals surface area contributed by atoms with Crippen molar-refractivity contribution >= 4 is 12.0 Å². The Morgan fingerprint density at radius 1 is 1.06 bits per heavy atom. The SMILES string of the molecule is COc1cc(C(=O)NC23CC4CC(CC(NC(=O)Oc5cncc(C)n5)(C4)C2)C3)ccn1. The van der Waals surface area contributed by atoms with Gasteiger partial charge in [0.2, 0.25) is 11.8 Å². The molecule has 6 rings (SSSR count). The van der Waals surface area contributed by atoms with E-state index in [1.807, 2.05) is 0 Å². The summed E-state index contributed by atoms with van der Waals surface area (Å²) in [5.41, 5.74) is 0.474. The zero-order chi connectivity index (χ0) is 22.3. The molecule has 4 fully saturated rings. The van der Waals surface area contributed by atoms with Gasteiger partial charge in [-0.1, -0.05) is 0 Å². The van der Waals surface area contributed by atoms with Crippen molar-refractivity contribution in [3.8, 4) is 11.8 Å². The molecule has 2 heterocycles. The minimum absolute atomic E-state index is 0.139. The van der Waals surface area contributed by atoms with Gasteiger partial charge in [-0.3, -0.25) is 9.78 Å². The highest BCUT2D eigenvalue weighted by molar-refractivity contribution is 5.95. The third-order valence-corrected chi connectivity index (χ3v) is 6.94. The molecule has 168 valence electrons. The van der Waals surface area contributed by atoms with Crippen molar-refractivity contribution in [2.24, 2.45) is 11.8 Å². The Bertz CT molecular complexity index is 1040. The molecular weight excluding hydrogens is 410 g/mol. The van der Waals surface area contributed by atoms with Crippen LogP contribution < -0.4 is 20.1 Å². The van der Waals surface area contributed by atoms with Gasteiger partial charge in [-0.2, -0.15) is 0 Å². The van der Waals surface area contributed by atoms with Gasteiger partial charge in [-0.05, 0) is 63.4 Å². The number of hydrogen-bond donors (Lipinski definition) is 2. The Hall–Kier alpha value is -3.23. The number of nitrogens with one attached hydrogen (secondary N) is 2. The van der Waals surface area contributed by atoms with Crippen molar-refractivity contribution in [2.75, 3.05) is 7.11 Å². The average Bonchev–Trinajstić information content (AvgIpc) is 2.72. The quantitative estimate of drug-likeness (QED) is 0.739. The molecule has 4 saturated carbocycles. The molecule has 2 unspecified atom stereocenters. The second kappa shape index (κ2) is 7.72. The van der Waals surface area contributed by atoms with E-state index in [2.05, 4.69) is 25.6 Å². The fourth-order valence-corrected chi connectivity index (χ4v) is 6.36. The Kier molecular flexibility index (Phi) is 4.98. The molecule has 32 heavy (non-hydrogen) atoms. The standard InChI is InChI=1S/C23H27N5O4/c1-14-11-24-12-19(26-14)32-21(30)28-23-9-15-5-16(10-23)8-22(7-15,13-23)27-20(29)17-3-4-25-18(6-17)31-2/h3-4,6,11-12,15-16H,5,7-10,13H2,1-2H3,(H,27,29)(H,28,30). The zero-order valence-electron chi connectivity index (χ0n) is 18.3. The van der Waals surface area contributed by atoms with E-state index < -0.39 is 6.09 Å². The number of ether oxygens (including phenoxy) is 2. The fraction of sp³-hybridized carbons (Fsp3) is 0.522. The minimum atomic E-state index is -0.521. The molecule has 0 spiro atoms. The van der Waals surface area contributed by atoms with Crippen LogP contribution in [0.2, 0.25) is 0 Å². The second-order valence-corrected chi connectivity index (χ2v) is 9.58. The molecule has 2 aromatic heterocycles. The molecule has 2 aromatic rings. The van der Waals surface area contributed by atoms with Crippen LogP contribution in [0.15, 0.2) is 30.7 Å². The first-order chi connectivity index (χ1) is 15.4. The summed E-state index contributed by atoms with van der Waals surface area (Å²) in [6.07, 6.45) is 9.58. The predicted molar refractivity (Wildman–Crippen MR) is 114 cm³/mol. The van der Waals surface area contributed by atoms with Crippen molar-refractivity contribution in [2.45, 2.75) is 56.5 Å². The van der Waals surface area contributed by atoms with Crippen molar-refractivity contribution in [3.05, 3.63) is 42.0 Å². The van der Waals surface area contributed by atoms with Crippen molar-refractivity contribution in [1.29, 1.82) is 0 Å². The zero-order valence-corrected chi connectivity index (χ0v) is 18.3. The van der Waals surface area contributed by atoms with Crippen molar-refractivity contribution < 1.29 is 19.1 Å². The lowest BCUT2D eigenvalue weighted by Crippen LogP contribution is -2.70. The van der Waals surface area contributed by atoms with Gasteiger partial charge in [0.15, 0.2) is 0 Å². The van der Waals surface area contributed by atoms with Gasteiger partial charge in [0.1, 0.15) is 0 Å². The Labute approximate surface area is 186 Å². The summed E-state index contributed by atoms with van der Waals surface area (Å²) in [4.78, 5) is 38.1. The van der Waals surface area contributed by atoms with Crippen LogP contribution in [0.25, 0.3) is 0 Å². The van der Waals surface area contributed by atoms with Crippen LogP contribution in [0, 0.1) is 18.8 Å². The lowest BCUT2D eigenvalue weighted by atomic mass is 9.50. The highest BCUT2D eigenvalue weighted by Gasteiger charge is 2.59. The third kappa shape index (κ3) is 3.99. The summed E-state index contributed by atoms with van der Waals surface area (Å²) >= 11 is 0. The van der Waals surface area contributed by atoms with Crippen molar-refractivity contribution in [3.63, 3.8) is 0 Å². The summed E-state index contributed by atoms with van der Waals surface area (Å²) in [5, 5.41) is 6.45. The summed E-state index contributed by atoms with van der Waals surface area (Å²) in [6.45, 7) is 1.79. The summed E-state index contributed by atoms with van der Waals surface area (Å²) in [6, 6.07) is 3.33. The second-order valence-electron chi connectivity index (χ2n) is 9.58. The van der Waals surface area contributed by atoms with E-state index >= 15 is 0 Å². The van der Waals surface area contributed by atoms with E-state index in [0.29, 0.717) is 35.4 Å². The molecule has 0 aromatic carbocycles. The molecule has 0 aliphatic heterocycles. The fourth-order valence-electron chi connectivity index (χ4n) is 6.36. The molecule has 9 nitrogen and oxygen atoms in total. The van der Waals surface area contributed by atoms with Crippen LogP contribution in [0.3, 0.4) is 0 Å². The van der Waals surface area contributed by atoms with Gasteiger partial charge in [0, 0.05) is 35.1 Å². The van der Waals surface area contributed by atoms with Gasteiger partial charge in [-0.25, -0.2) is 14.8 Å². The van der Waals surface area contributed by atoms with Crippen LogP contribution in [-0.2, 0) is 0 Å². The molecule has 2 N–H and O–H groups in total. The molecule has 4 aliphatic rings.